The molecule has 0 bridgehead atoms. The number of carbonyl (C=O) groups is 1. The summed E-state index contributed by atoms with van der Waals surface area (Å²) in [5.41, 5.74) is 2.47. The van der Waals surface area contributed by atoms with E-state index < -0.39 is 0 Å². The minimum atomic E-state index is -0.269. The Labute approximate surface area is 147 Å². The first kappa shape index (κ1) is 17.0. The fraction of sp³-hybridized carbons (Fsp3) is 0.421. The van der Waals surface area contributed by atoms with Gasteiger partial charge in [0.1, 0.15) is 4.88 Å². The molecule has 4 nitrogen and oxygen atoms in total. The lowest BCUT2D eigenvalue weighted by molar-refractivity contribution is 0.0606. The number of ether oxygens (including phenoxy) is 1. The van der Waals surface area contributed by atoms with Gasteiger partial charge in [-0.3, -0.25) is 4.90 Å². The van der Waals surface area contributed by atoms with Crippen LogP contribution in [0, 0.1) is 0 Å². The quantitative estimate of drug-likeness (QED) is 0.800. The van der Waals surface area contributed by atoms with Crippen molar-refractivity contribution in [3.63, 3.8) is 0 Å². The molecular weight excluding hydrogens is 320 g/mol. The molecule has 3 rings (SSSR count). The molecule has 128 valence electrons. The highest BCUT2D eigenvalue weighted by Gasteiger charge is 2.11. The van der Waals surface area contributed by atoms with Crippen LogP contribution in [0.2, 0.25) is 0 Å². The normalized spacial score (nSPS) is 15.2. The molecule has 1 aliphatic heterocycles. The van der Waals surface area contributed by atoms with Crippen molar-refractivity contribution in [2.75, 3.05) is 25.5 Å². The number of esters is 1. The zero-order valence-electron chi connectivity index (χ0n) is 14.1. The molecule has 1 N–H and O–H groups in total. The van der Waals surface area contributed by atoms with Crippen molar-refractivity contribution >= 4 is 23.0 Å². The maximum atomic E-state index is 11.5. The summed E-state index contributed by atoms with van der Waals surface area (Å²) in [6, 6.07) is 12.4. The van der Waals surface area contributed by atoms with E-state index in [4.69, 9.17) is 4.74 Å². The summed E-state index contributed by atoms with van der Waals surface area (Å²) in [6.07, 6.45) is 4.00. The number of benzene rings is 1. The first-order chi connectivity index (χ1) is 11.7. The highest BCUT2D eigenvalue weighted by Crippen LogP contribution is 2.20. The largest absolute Gasteiger partial charge is 0.465 e. The van der Waals surface area contributed by atoms with E-state index in [0.29, 0.717) is 4.88 Å². The molecule has 1 aliphatic rings. The van der Waals surface area contributed by atoms with Gasteiger partial charge < -0.3 is 10.1 Å². The first-order valence-corrected chi connectivity index (χ1v) is 9.28. The molecule has 0 unspecified atom stereocenters. The van der Waals surface area contributed by atoms with Crippen LogP contribution < -0.4 is 5.32 Å². The summed E-state index contributed by atoms with van der Waals surface area (Å²) in [6.45, 7) is 4.17. The Kier molecular flexibility index (Phi) is 5.88. The molecule has 0 radical (unpaired) electrons. The van der Waals surface area contributed by atoms with E-state index in [1.165, 1.54) is 56.4 Å². The highest BCUT2D eigenvalue weighted by molar-refractivity contribution is 7.13. The average molecular weight is 344 g/mol. The molecule has 2 aromatic rings. The van der Waals surface area contributed by atoms with Gasteiger partial charge >= 0.3 is 5.97 Å². The predicted molar refractivity (Wildman–Crippen MR) is 98.6 cm³/mol. The zero-order valence-corrected chi connectivity index (χ0v) is 14.9. The van der Waals surface area contributed by atoms with Crippen molar-refractivity contribution in [2.45, 2.75) is 32.4 Å². The second kappa shape index (κ2) is 8.31. The van der Waals surface area contributed by atoms with Crippen LogP contribution in [-0.4, -0.2) is 31.1 Å². The minimum absolute atomic E-state index is 0.269. The molecule has 0 spiro atoms. The molecule has 2 heterocycles. The third kappa shape index (κ3) is 4.58. The van der Waals surface area contributed by atoms with Gasteiger partial charge in [0, 0.05) is 23.7 Å². The summed E-state index contributed by atoms with van der Waals surface area (Å²) in [5.74, 6) is -0.269. The zero-order chi connectivity index (χ0) is 16.8. The Morgan fingerprint density at radius 3 is 2.83 bits per heavy atom. The van der Waals surface area contributed by atoms with Crippen molar-refractivity contribution in [2.24, 2.45) is 0 Å². The van der Waals surface area contributed by atoms with Crippen LogP contribution in [0.15, 0.2) is 36.4 Å². The lowest BCUT2D eigenvalue weighted by Crippen LogP contribution is -2.29. The van der Waals surface area contributed by atoms with E-state index in [2.05, 4.69) is 34.5 Å². The number of nitrogens with zero attached hydrogens (tertiary/aromatic N) is 1. The van der Waals surface area contributed by atoms with Crippen molar-refractivity contribution in [3.05, 3.63) is 51.7 Å². The third-order valence-corrected chi connectivity index (χ3v) is 5.36. The van der Waals surface area contributed by atoms with Crippen molar-refractivity contribution in [3.8, 4) is 0 Å². The van der Waals surface area contributed by atoms with E-state index in [9.17, 15) is 4.79 Å². The summed E-state index contributed by atoms with van der Waals surface area (Å²) in [7, 11) is 1.41. The second-order valence-electron chi connectivity index (χ2n) is 6.15. The van der Waals surface area contributed by atoms with Crippen LogP contribution in [0.25, 0.3) is 0 Å². The van der Waals surface area contributed by atoms with Gasteiger partial charge in [-0.15, -0.1) is 11.3 Å². The number of piperidine rings is 1. The van der Waals surface area contributed by atoms with Gasteiger partial charge in [-0.25, -0.2) is 4.79 Å². The van der Waals surface area contributed by atoms with Gasteiger partial charge in [-0.2, -0.15) is 0 Å². The molecule has 5 heteroatoms. The fourth-order valence-corrected chi connectivity index (χ4v) is 3.89. The number of hydrogen-bond donors (Lipinski definition) is 1. The number of anilines is 1. The molecule has 1 fully saturated rings. The van der Waals surface area contributed by atoms with Gasteiger partial charge in [0.25, 0.3) is 0 Å². The summed E-state index contributed by atoms with van der Waals surface area (Å²) in [4.78, 5) is 15.8. The van der Waals surface area contributed by atoms with Crippen LogP contribution in [0.1, 0.15) is 39.4 Å². The smallest absolute Gasteiger partial charge is 0.348 e. The third-order valence-electron chi connectivity index (χ3n) is 4.30. The Bertz CT molecular complexity index is 678. The monoisotopic (exact) mass is 344 g/mol. The molecule has 1 aromatic carbocycles. The number of methoxy groups -OCH3 is 1. The molecule has 1 saturated heterocycles. The molecule has 0 aliphatic carbocycles. The van der Waals surface area contributed by atoms with E-state index in [-0.39, 0.29) is 5.97 Å². The standard InChI is InChI=1S/C19H24N2O2S/c1-23-19(22)18-9-8-17(24-18)13-20-16-7-5-6-15(12-16)14-21-10-3-2-4-11-21/h5-9,12,20H,2-4,10-11,13-14H2,1H3. The van der Waals surface area contributed by atoms with Crippen LogP contribution in [0.5, 0.6) is 0 Å². The Morgan fingerprint density at radius 1 is 1.21 bits per heavy atom. The van der Waals surface area contributed by atoms with Crippen molar-refractivity contribution in [1.29, 1.82) is 0 Å². The first-order valence-electron chi connectivity index (χ1n) is 8.47. The number of thiophene rings is 1. The molecule has 0 saturated carbocycles. The highest BCUT2D eigenvalue weighted by atomic mass is 32.1. The van der Waals surface area contributed by atoms with E-state index >= 15 is 0 Å². The fourth-order valence-electron chi connectivity index (χ4n) is 3.03. The summed E-state index contributed by atoms with van der Waals surface area (Å²) in [5, 5.41) is 3.45. The van der Waals surface area contributed by atoms with Crippen LogP contribution in [0.4, 0.5) is 5.69 Å². The number of nitrogens with one attached hydrogen (secondary N) is 1. The molecule has 0 atom stereocenters. The lowest BCUT2D eigenvalue weighted by atomic mass is 10.1. The van der Waals surface area contributed by atoms with Crippen LogP contribution >= 0.6 is 11.3 Å². The lowest BCUT2D eigenvalue weighted by Gasteiger charge is -2.26. The van der Waals surface area contributed by atoms with Gasteiger partial charge in [0.2, 0.25) is 0 Å². The molecular formula is C19H24N2O2S. The van der Waals surface area contributed by atoms with Crippen LogP contribution in [0.3, 0.4) is 0 Å². The number of rotatable bonds is 6. The Morgan fingerprint density at radius 2 is 2.04 bits per heavy atom. The maximum Gasteiger partial charge on any atom is 0.348 e. The van der Waals surface area contributed by atoms with Gasteiger partial charge in [0.05, 0.1) is 7.11 Å². The van der Waals surface area contributed by atoms with Gasteiger partial charge in [0.15, 0.2) is 0 Å². The van der Waals surface area contributed by atoms with Crippen molar-refractivity contribution in [1.82, 2.24) is 4.90 Å². The number of carbonyl (C=O) groups excluding carboxylic acids is 1. The van der Waals surface area contributed by atoms with Crippen molar-refractivity contribution < 1.29 is 9.53 Å². The second-order valence-corrected chi connectivity index (χ2v) is 7.32. The Hall–Kier alpha value is -1.85. The number of hydrogen-bond acceptors (Lipinski definition) is 5. The van der Waals surface area contributed by atoms with E-state index in [1.807, 2.05) is 12.1 Å². The molecule has 24 heavy (non-hydrogen) atoms. The van der Waals surface area contributed by atoms with E-state index in [1.54, 1.807) is 0 Å². The summed E-state index contributed by atoms with van der Waals surface area (Å²) < 4.78 is 4.75. The average Bonchev–Trinajstić information content (AvgIpc) is 3.09. The minimum Gasteiger partial charge on any atom is -0.465 e. The molecule has 0 amide bonds. The maximum absolute atomic E-state index is 11.5. The van der Waals surface area contributed by atoms with Crippen LogP contribution in [-0.2, 0) is 17.8 Å². The molecule has 1 aromatic heterocycles. The topological polar surface area (TPSA) is 41.6 Å². The summed E-state index contributed by atoms with van der Waals surface area (Å²) >= 11 is 1.47. The number of likely N-dealkylation sites (tertiary alicyclic amines) is 1. The van der Waals surface area contributed by atoms with Gasteiger partial charge in [-0.1, -0.05) is 18.6 Å². The van der Waals surface area contributed by atoms with E-state index in [0.717, 1.165) is 23.7 Å². The predicted octanol–water partition coefficient (Wildman–Crippen LogP) is 4.13. The SMILES string of the molecule is COC(=O)c1ccc(CNc2cccc(CN3CCCCC3)c2)s1. The Balaban J connectivity index is 1.56. The van der Waals surface area contributed by atoms with Gasteiger partial charge in [-0.05, 0) is 55.8 Å².